The van der Waals surface area contributed by atoms with Gasteiger partial charge in [-0.15, -0.1) is 0 Å². The van der Waals surface area contributed by atoms with Gasteiger partial charge in [-0.25, -0.2) is 0 Å². The summed E-state index contributed by atoms with van der Waals surface area (Å²) in [6.07, 6.45) is 2.70. The molecule has 1 aliphatic heterocycles. The van der Waals surface area contributed by atoms with Crippen LogP contribution in [-0.4, -0.2) is 9.55 Å². The first-order valence-corrected chi connectivity index (χ1v) is 12.0. The highest BCUT2D eigenvalue weighted by molar-refractivity contribution is 6.13. The molecule has 1 unspecified atom stereocenters. The Labute approximate surface area is 204 Å². The monoisotopic (exact) mass is 452 g/mol. The van der Waals surface area contributed by atoms with E-state index in [1.807, 2.05) is 18.3 Å². The second kappa shape index (κ2) is 7.57. The minimum Gasteiger partial charge on any atom is -0.481 e. The lowest BCUT2D eigenvalue weighted by molar-refractivity contribution is 0.117. The highest BCUT2D eigenvalue weighted by Crippen LogP contribution is 2.48. The number of hydrogen-bond donors (Lipinski definition) is 0. The highest BCUT2D eigenvalue weighted by atomic mass is 16.5. The van der Waals surface area contributed by atoms with Gasteiger partial charge in [-0.05, 0) is 54.4 Å². The molecule has 0 radical (unpaired) electrons. The highest BCUT2D eigenvalue weighted by Gasteiger charge is 2.38. The Balaban J connectivity index is 1.45. The predicted molar refractivity (Wildman–Crippen MR) is 142 cm³/mol. The number of pyridine rings is 1. The van der Waals surface area contributed by atoms with Crippen LogP contribution in [0.25, 0.3) is 38.8 Å². The molecule has 1 atom stereocenters. The van der Waals surface area contributed by atoms with Crippen molar-refractivity contribution in [1.29, 1.82) is 0 Å². The summed E-state index contributed by atoms with van der Waals surface area (Å²) in [7, 11) is 0. The minimum absolute atomic E-state index is 0.375. The van der Waals surface area contributed by atoms with Crippen LogP contribution >= 0.6 is 0 Å². The molecule has 3 heteroatoms. The topological polar surface area (TPSA) is 27.1 Å². The van der Waals surface area contributed by atoms with Crippen molar-refractivity contribution < 1.29 is 4.74 Å². The lowest BCUT2D eigenvalue weighted by atomic mass is 9.91. The van der Waals surface area contributed by atoms with E-state index in [9.17, 15) is 0 Å². The van der Waals surface area contributed by atoms with Gasteiger partial charge in [0.1, 0.15) is 11.4 Å². The van der Waals surface area contributed by atoms with Crippen molar-refractivity contribution in [2.75, 3.05) is 0 Å². The second-order valence-electron chi connectivity index (χ2n) is 9.44. The van der Waals surface area contributed by atoms with Crippen LogP contribution in [0.3, 0.4) is 0 Å². The molecule has 1 aliphatic rings. The molecule has 0 spiro atoms. The molecule has 6 aromatic rings. The third kappa shape index (κ3) is 3.08. The van der Waals surface area contributed by atoms with Crippen molar-refractivity contribution in [3.63, 3.8) is 0 Å². The van der Waals surface area contributed by atoms with E-state index in [0.717, 1.165) is 34.6 Å². The quantitative estimate of drug-likeness (QED) is 0.275. The van der Waals surface area contributed by atoms with Crippen LogP contribution in [0, 0.1) is 0 Å². The van der Waals surface area contributed by atoms with Crippen LogP contribution in [0.5, 0.6) is 5.75 Å². The third-order valence-corrected chi connectivity index (χ3v) is 7.18. The largest absolute Gasteiger partial charge is 0.481 e. The zero-order chi connectivity index (χ0) is 23.4. The number of nitrogens with zero attached hydrogens (tertiary/aromatic N) is 2. The fourth-order valence-electron chi connectivity index (χ4n) is 5.52. The van der Waals surface area contributed by atoms with E-state index in [1.54, 1.807) is 0 Å². The fraction of sp³-hybridized carbons (Fsp3) is 0.0938. The van der Waals surface area contributed by atoms with Gasteiger partial charge in [0.15, 0.2) is 0 Å². The minimum atomic E-state index is -0.375. The van der Waals surface area contributed by atoms with Gasteiger partial charge in [0.2, 0.25) is 0 Å². The average Bonchev–Trinajstić information content (AvgIpc) is 3.45. The van der Waals surface area contributed by atoms with Crippen molar-refractivity contribution >= 4 is 21.8 Å². The zero-order valence-electron chi connectivity index (χ0n) is 19.5. The molecular formula is C32H24N2O. The molecule has 3 nitrogen and oxygen atoms in total. The second-order valence-corrected chi connectivity index (χ2v) is 9.44. The van der Waals surface area contributed by atoms with Gasteiger partial charge < -0.3 is 9.30 Å². The molecule has 7 rings (SSSR count). The van der Waals surface area contributed by atoms with Gasteiger partial charge in [-0.3, -0.25) is 4.98 Å². The van der Waals surface area contributed by atoms with E-state index < -0.39 is 0 Å². The summed E-state index contributed by atoms with van der Waals surface area (Å²) in [5, 5.41) is 2.39. The van der Waals surface area contributed by atoms with Crippen LogP contribution in [0.2, 0.25) is 0 Å². The Bertz CT molecular complexity index is 1700. The first kappa shape index (κ1) is 20.0. The van der Waals surface area contributed by atoms with Gasteiger partial charge >= 0.3 is 0 Å². The maximum Gasteiger partial charge on any atom is 0.135 e. The summed E-state index contributed by atoms with van der Waals surface area (Å²) >= 11 is 0. The van der Waals surface area contributed by atoms with Gasteiger partial charge in [-0.1, -0.05) is 72.8 Å². The molecular weight excluding hydrogens is 428 g/mol. The van der Waals surface area contributed by atoms with Crippen LogP contribution in [0.4, 0.5) is 0 Å². The van der Waals surface area contributed by atoms with Crippen LogP contribution in [-0.2, 0) is 12.0 Å². The molecule has 4 aromatic carbocycles. The molecule has 168 valence electrons. The lowest BCUT2D eigenvalue weighted by Gasteiger charge is -2.24. The number of rotatable bonds is 3. The predicted octanol–water partition coefficient (Wildman–Crippen LogP) is 7.70. The maximum atomic E-state index is 6.82. The number of ether oxygens (including phenoxy) is 1. The summed E-state index contributed by atoms with van der Waals surface area (Å²) in [6.45, 7) is 2.20. The van der Waals surface area contributed by atoms with E-state index in [1.165, 1.54) is 27.4 Å². The van der Waals surface area contributed by atoms with Crippen molar-refractivity contribution in [2.45, 2.75) is 18.9 Å². The maximum absolute atomic E-state index is 6.82. The third-order valence-electron chi connectivity index (χ3n) is 7.18. The van der Waals surface area contributed by atoms with Crippen LogP contribution in [0.1, 0.15) is 18.1 Å². The molecule has 0 saturated heterocycles. The van der Waals surface area contributed by atoms with Crippen LogP contribution < -0.4 is 4.74 Å². The van der Waals surface area contributed by atoms with Crippen LogP contribution in [0.15, 0.2) is 115 Å². The number of benzene rings is 4. The average molecular weight is 453 g/mol. The molecule has 3 heterocycles. The first-order chi connectivity index (χ1) is 17.2. The standard InChI is InChI=1S/C32H24N2O/c1-32(24-11-3-2-4-12-24)21-23-17-18-29-30(31(23)35-32)26-14-5-6-16-28(26)34(29)25-13-9-10-22(20-25)27-15-7-8-19-33-27/h2-20H,21H2,1H3. The van der Waals surface area contributed by atoms with Gasteiger partial charge in [-0.2, -0.15) is 0 Å². The molecule has 0 amide bonds. The molecule has 0 fully saturated rings. The van der Waals surface area contributed by atoms with Crippen molar-refractivity contribution in [1.82, 2.24) is 9.55 Å². The Kier molecular flexibility index (Phi) is 4.34. The Morgan fingerprint density at radius 3 is 2.46 bits per heavy atom. The van der Waals surface area contributed by atoms with E-state index in [-0.39, 0.29) is 5.60 Å². The van der Waals surface area contributed by atoms with Gasteiger partial charge in [0.25, 0.3) is 0 Å². The summed E-state index contributed by atoms with van der Waals surface area (Å²) in [5.41, 5.74) is 7.60. The molecule has 0 bridgehead atoms. The van der Waals surface area contributed by atoms with Crippen molar-refractivity contribution in [2.24, 2.45) is 0 Å². The normalized spacial score (nSPS) is 16.9. The molecule has 0 N–H and O–H groups in total. The zero-order valence-corrected chi connectivity index (χ0v) is 19.5. The van der Waals surface area contributed by atoms with Gasteiger partial charge in [0.05, 0.1) is 22.1 Å². The number of hydrogen-bond acceptors (Lipinski definition) is 2. The summed E-state index contributed by atoms with van der Waals surface area (Å²) in [4.78, 5) is 4.56. The first-order valence-electron chi connectivity index (χ1n) is 12.0. The summed E-state index contributed by atoms with van der Waals surface area (Å²) in [5.74, 6) is 1.00. The Morgan fingerprint density at radius 2 is 1.60 bits per heavy atom. The molecule has 0 saturated carbocycles. The van der Waals surface area contributed by atoms with Crippen molar-refractivity contribution in [3.8, 4) is 22.7 Å². The number of fused-ring (bicyclic) bond motifs is 5. The molecule has 35 heavy (non-hydrogen) atoms. The molecule has 2 aromatic heterocycles. The number of para-hydroxylation sites is 1. The van der Waals surface area contributed by atoms with E-state index in [0.29, 0.717) is 0 Å². The lowest BCUT2D eigenvalue weighted by Crippen LogP contribution is -2.26. The van der Waals surface area contributed by atoms with E-state index >= 15 is 0 Å². The van der Waals surface area contributed by atoms with Crippen molar-refractivity contribution in [3.05, 3.63) is 127 Å². The van der Waals surface area contributed by atoms with Gasteiger partial charge in [0, 0.05) is 29.3 Å². The van der Waals surface area contributed by atoms with E-state index in [4.69, 9.17) is 4.74 Å². The number of aromatic nitrogens is 2. The SMILES string of the molecule is CC1(c2ccccc2)Cc2ccc3c(c2O1)c1ccccc1n3-c1cccc(-c2ccccn2)c1. The Hall–Kier alpha value is -4.37. The smallest absolute Gasteiger partial charge is 0.135 e. The summed E-state index contributed by atoms with van der Waals surface area (Å²) < 4.78 is 9.17. The molecule has 0 aliphatic carbocycles. The van der Waals surface area contributed by atoms with E-state index in [2.05, 4.69) is 114 Å². The fourth-order valence-corrected chi connectivity index (χ4v) is 5.52. The Morgan fingerprint density at radius 1 is 0.771 bits per heavy atom. The summed E-state index contributed by atoms with van der Waals surface area (Å²) in [6, 6.07) is 38.3.